The van der Waals surface area contributed by atoms with Crippen LogP contribution in [0.4, 0.5) is 8.78 Å². The van der Waals surface area contributed by atoms with Crippen LogP contribution < -0.4 is 0 Å². The molecule has 0 unspecified atom stereocenters. The molecule has 0 aliphatic heterocycles. The Morgan fingerprint density at radius 1 is 1.62 bits per heavy atom. The number of aryl methyl sites for hydroxylation is 2. The first-order valence-corrected chi connectivity index (χ1v) is 5.74. The molecule has 90 valence electrons. The number of carboxylic acids is 1. The Labute approximate surface area is 105 Å². The average molecular weight is 344 g/mol. The van der Waals surface area contributed by atoms with Gasteiger partial charge in [-0.1, -0.05) is 0 Å². The standard InChI is InChI=1S/C9H11F2IN2O2/c1-5-7(12)8(9(10)11)14(13-5)4-2-3-6(15)16/h9H,2-4H2,1H3,(H,15,16). The van der Waals surface area contributed by atoms with Gasteiger partial charge in [-0.2, -0.15) is 5.10 Å². The normalized spacial score (nSPS) is 11.1. The maximum Gasteiger partial charge on any atom is 0.303 e. The van der Waals surface area contributed by atoms with E-state index in [2.05, 4.69) is 5.10 Å². The van der Waals surface area contributed by atoms with E-state index in [1.165, 1.54) is 4.68 Å². The lowest BCUT2D eigenvalue weighted by atomic mass is 10.3. The van der Waals surface area contributed by atoms with E-state index >= 15 is 0 Å². The van der Waals surface area contributed by atoms with Crippen molar-refractivity contribution in [3.8, 4) is 0 Å². The largest absolute Gasteiger partial charge is 0.481 e. The number of carboxylic acid groups (broad SMARTS) is 1. The number of aliphatic carboxylic acids is 1. The van der Waals surface area contributed by atoms with Crippen LogP contribution in [-0.4, -0.2) is 20.9 Å². The van der Waals surface area contributed by atoms with Crippen LogP contribution >= 0.6 is 22.6 Å². The number of carbonyl (C=O) groups is 1. The Bertz CT molecular complexity index is 393. The first-order chi connectivity index (χ1) is 7.43. The van der Waals surface area contributed by atoms with Gasteiger partial charge in [0, 0.05) is 13.0 Å². The third kappa shape index (κ3) is 3.13. The molecular formula is C9H11F2IN2O2. The highest BCUT2D eigenvalue weighted by atomic mass is 127. The predicted octanol–water partition coefficient (Wildman–Crippen LogP) is 2.60. The molecule has 0 spiro atoms. The summed E-state index contributed by atoms with van der Waals surface area (Å²) in [5, 5.41) is 12.4. The van der Waals surface area contributed by atoms with E-state index in [-0.39, 0.29) is 18.7 Å². The molecule has 1 rings (SSSR count). The van der Waals surface area contributed by atoms with Crippen LogP contribution in [0.3, 0.4) is 0 Å². The summed E-state index contributed by atoms with van der Waals surface area (Å²) in [6.45, 7) is 1.86. The van der Waals surface area contributed by atoms with Gasteiger partial charge >= 0.3 is 5.97 Å². The number of hydrogen-bond donors (Lipinski definition) is 1. The quantitative estimate of drug-likeness (QED) is 0.836. The minimum Gasteiger partial charge on any atom is -0.481 e. The van der Waals surface area contributed by atoms with Gasteiger partial charge in [0.2, 0.25) is 0 Å². The number of halogens is 3. The van der Waals surface area contributed by atoms with Gasteiger partial charge in [0.15, 0.2) is 0 Å². The van der Waals surface area contributed by atoms with Crippen molar-refractivity contribution in [1.29, 1.82) is 0 Å². The molecular weight excluding hydrogens is 333 g/mol. The Morgan fingerprint density at radius 2 is 2.25 bits per heavy atom. The number of nitrogens with zero attached hydrogens (tertiary/aromatic N) is 2. The van der Waals surface area contributed by atoms with E-state index in [0.717, 1.165) is 0 Å². The van der Waals surface area contributed by atoms with Gasteiger partial charge in [0.1, 0.15) is 5.69 Å². The molecule has 0 amide bonds. The summed E-state index contributed by atoms with van der Waals surface area (Å²) in [4.78, 5) is 10.3. The van der Waals surface area contributed by atoms with Gasteiger partial charge in [-0.3, -0.25) is 9.48 Å². The highest BCUT2D eigenvalue weighted by molar-refractivity contribution is 14.1. The molecule has 0 saturated carbocycles. The Hall–Kier alpha value is -0.730. The lowest BCUT2D eigenvalue weighted by Crippen LogP contribution is -2.08. The van der Waals surface area contributed by atoms with Crippen LogP contribution in [0.2, 0.25) is 0 Å². The first kappa shape index (κ1) is 13.3. The van der Waals surface area contributed by atoms with E-state index in [1.807, 2.05) is 22.6 Å². The third-order valence-electron chi connectivity index (χ3n) is 2.06. The summed E-state index contributed by atoms with van der Waals surface area (Å²) in [5.74, 6) is -0.933. The molecule has 0 saturated heterocycles. The van der Waals surface area contributed by atoms with E-state index in [0.29, 0.717) is 15.7 Å². The summed E-state index contributed by atoms with van der Waals surface area (Å²) in [6.07, 6.45) is -2.33. The molecule has 4 nitrogen and oxygen atoms in total. The summed E-state index contributed by atoms with van der Waals surface area (Å²) in [6, 6.07) is 0. The van der Waals surface area contributed by atoms with E-state index in [4.69, 9.17) is 5.11 Å². The highest BCUT2D eigenvalue weighted by Gasteiger charge is 2.20. The zero-order valence-electron chi connectivity index (χ0n) is 8.58. The molecule has 16 heavy (non-hydrogen) atoms. The molecule has 0 aromatic carbocycles. The Morgan fingerprint density at radius 3 is 2.75 bits per heavy atom. The molecule has 0 bridgehead atoms. The number of aromatic nitrogens is 2. The highest BCUT2D eigenvalue weighted by Crippen LogP contribution is 2.26. The fourth-order valence-corrected chi connectivity index (χ4v) is 1.96. The van der Waals surface area contributed by atoms with Crippen molar-refractivity contribution in [2.75, 3.05) is 0 Å². The maximum absolute atomic E-state index is 12.7. The number of rotatable bonds is 5. The second-order valence-electron chi connectivity index (χ2n) is 3.31. The van der Waals surface area contributed by atoms with Crippen molar-refractivity contribution in [2.24, 2.45) is 0 Å². The van der Waals surface area contributed by atoms with Crippen LogP contribution in [0.1, 0.15) is 30.7 Å². The minimum atomic E-state index is -2.59. The monoisotopic (exact) mass is 344 g/mol. The van der Waals surface area contributed by atoms with Crippen molar-refractivity contribution in [2.45, 2.75) is 32.7 Å². The summed E-state index contributed by atoms with van der Waals surface area (Å²) >= 11 is 1.83. The van der Waals surface area contributed by atoms with Crippen LogP contribution in [0.15, 0.2) is 0 Å². The molecule has 7 heteroatoms. The van der Waals surface area contributed by atoms with Crippen LogP contribution in [-0.2, 0) is 11.3 Å². The van der Waals surface area contributed by atoms with Gasteiger partial charge in [-0.25, -0.2) is 8.78 Å². The molecule has 0 atom stereocenters. The van der Waals surface area contributed by atoms with E-state index < -0.39 is 12.4 Å². The fourth-order valence-electron chi connectivity index (χ4n) is 1.34. The molecule has 1 aromatic rings. The topological polar surface area (TPSA) is 55.1 Å². The Kier molecular flexibility index (Phi) is 4.63. The number of alkyl halides is 2. The second-order valence-corrected chi connectivity index (χ2v) is 4.38. The molecule has 1 N–H and O–H groups in total. The van der Waals surface area contributed by atoms with Gasteiger partial charge < -0.3 is 5.11 Å². The van der Waals surface area contributed by atoms with E-state index in [1.54, 1.807) is 6.92 Å². The zero-order valence-corrected chi connectivity index (χ0v) is 10.7. The zero-order chi connectivity index (χ0) is 12.3. The van der Waals surface area contributed by atoms with Gasteiger partial charge in [-0.05, 0) is 35.9 Å². The molecule has 1 heterocycles. The second kappa shape index (κ2) is 5.55. The lowest BCUT2D eigenvalue weighted by molar-refractivity contribution is -0.137. The maximum atomic E-state index is 12.7. The third-order valence-corrected chi connectivity index (χ3v) is 3.39. The molecule has 0 fully saturated rings. The average Bonchev–Trinajstić information content (AvgIpc) is 2.42. The molecule has 1 aromatic heterocycles. The van der Waals surface area contributed by atoms with Gasteiger partial charge in [0.25, 0.3) is 6.43 Å². The SMILES string of the molecule is Cc1nn(CCCC(=O)O)c(C(F)F)c1I. The summed E-state index contributed by atoms with van der Waals surface area (Å²) < 4.78 is 27.1. The molecule has 0 aliphatic carbocycles. The fraction of sp³-hybridized carbons (Fsp3) is 0.556. The van der Waals surface area contributed by atoms with Crippen molar-refractivity contribution in [3.05, 3.63) is 15.0 Å². The minimum absolute atomic E-state index is 0.0435. The summed E-state index contributed by atoms with van der Waals surface area (Å²) in [5.41, 5.74) is 0.426. The van der Waals surface area contributed by atoms with Crippen molar-refractivity contribution < 1.29 is 18.7 Å². The van der Waals surface area contributed by atoms with Gasteiger partial charge in [-0.15, -0.1) is 0 Å². The molecule has 0 radical (unpaired) electrons. The lowest BCUT2D eigenvalue weighted by Gasteiger charge is -2.05. The first-order valence-electron chi connectivity index (χ1n) is 4.66. The van der Waals surface area contributed by atoms with Crippen LogP contribution in [0, 0.1) is 10.5 Å². The Balaban J connectivity index is 2.79. The van der Waals surface area contributed by atoms with Crippen molar-refractivity contribution >= 4 is 28.6 Å². The van der Waals surface area contributed by atoms with Crippen molar-refractivity contribution in [1.82, 2.24) is 9.78 Å². The van der Waals surface area contributed by atoms with Crippen LogP contribution in [0.25, 0.3) is 0 Å². The number of hydrogen-bond acceptors (Lipinski definition) is 2. The smallest absolute Gasteiger partial charge is 0.303 e. The summed E-state index contributed by atoms with van der Waals surface area (Å²) in [7, 11) is 0. The van der Waals surface area contributed by atoms with Crippen molar-refractivity contribution in [3.63, 3.8) is 0 Å². The van der Waals surface area contributed by atoms with E-state index in [9.17, 15) is 13.6 Å². The van der Waals surface area contributed by atoms with Gasteiger partial charge in [0.05, 0.1) is 9.26 Å². The van der Waals surface area contributed by atoms with Crippen LogP contribution in [0.5, 0.6) is 0 Å². The predicted molar refractivity (Wildman–Crippen MR) is 61.5 cm³/mol. The molecule has 0 aliphatic rings.